The van der Waals surface area contributed by atoms with E-state index in [1.165, 1.54) is 5.56 Å². The van der Waals surface area contributed by atoms with Crippen molar-refractivity contribution in [3.63, 3.8) is 0 Å². The predicted octanol–water partition coefficient (Wildman–Crippen LogP) is 2.15. The zero-order valence-electron chi connectivity index (χ0n) is 10.6. The van der Waals surface area contributed by atoms with Crippen molar-refractivity contribution < 1.29 is 9.47 Å². The molecule has 2 heterocycles. The number of pyridine rings is 1. The highest BCUT2D eigenvalue weighted by Gasteiger charge is 2.27. The van der Waals surface area contributed by atoms with Crippen molar-refractivity contribution in [1.82, 2.24) is 9.88 Å². The number of nitrogens with zero attached hydrogens (tertiary/aromatic N) is 2. The molecule has 1 aromatic rings. The number of rotatable bonds is 3. The summed E-state index contributed by atoms with van der Waals surface area (Å²) in [5, 5.41) is 0. The van der Waals surface area contributed by atoms with Gasteiger partial charge in [-0.1, -0.05) is 6.07 Å². The van der Waals surface area contributed by atoms with E-state index in [4.69, 9.17) is 9.47 Å². The van der Waals surface area contributed by atoms with Crippen LogP contribution < -0.4 is 0 Å². The van der Waals surface area contributed by atoms with Gasteiger partial charge in [0, 0.05) is 24.4 Å². The molecule has 1 fully saturated rings. The smallest absolute Gasteiger partial charge is 0.146 e. The van der Waals surface area contributed by atoms with Gasteiger partial charge >= 0.3 is 0 Å². The van der Waals surface area contributed by atoms with Crippen molar-refractivity contribution in [2.45, 2.75) is 6.04 Å². The Balaban J connectivity index is 0.00000144. The van der Waals surface area contributed by atoms with Gasteiger partial charge in [0.25, 0.3) is 0 Å². The van der Waals surface area contributed by atoms with Crippen LogP contribution in [0.5, 0.6) is 0 Å². The lowest BCUT2D eigenvalue weighted by molar-refractivity contribution is -0.139. The van der Waals surface area contributed by atoms with Crippen molar-refractivity contribution in [2.24, 2.45) is 5.92 Å². The van der Waals surface area contributed by atoms with Crippen LogP contribution in [0.4, 0.5) is 0 Å². The van der Waals surface area contributed by atoms with Crippen LogP contribution in [0.3, 0.4) is 0 Å². The van der Waals surface area contributed by atoms with E-state index in [0.717, 1.165) is 13.2 Å². The average Bonchev–Trinajstić information content (AvgIpc) is 2.31. The molecule has 4 nitrogen and oxygen atoms in total. The standard InChI is InChI=1S/C12H18N2O2.2ClH/c1-14(2)12(10-4-3-5-13-6-10)11-7-15-9-16-8-11;;/h3-6,11-12H,7-9H2,1-2H3;2*1H. The van der Waals surface area contributed by atoms with E-state index in [0.29, 0.717) is 18.8 Å². The summed E-state index contributed by atoms with van der Waals surface area (Å²) in [5.41, 5.74) is 1.21. The van der Waals surface area contributed by atoms with E-state index in [-0.39, 0.29) is 24.8 Å². The third-order valence-corrected chi connectivity index (χ3v) is 2.86. The fraction of sp³-hybridized carbons (Fsp3) is 0.583. The summed E-state index contributed by atoms with van der Waals surface area (Å²) in [6.07, 6.45) is 3.71. The molecule has 1 aromatic heterocycles. The van der Waals surface area contributed by atoms with Gasteiger partial charge in [0.05, 0.1) is 13.2 Å². The van der Waals surface area contributed by atoms with Gasteiger partial charge in [0.2, 0.25) is 0 Å². The highest BCUT2D eigenvalue weighted by atomic mass is 35.5. The van der Waals surface area contributed by atoms with E-state index in [1.54, 1.807) is 6.20 Å². The molecule has 18 heavy (non-hydrogen) atoms. The first kappa shape index (κ1) is 17.6. The van der Waals surface area contributed by atoms with Crippen LogP contribution in [0, 0.1) is 5.92 Å². The second-order valence-electron chi connectivity index (χ2n) is 4.31. The van der Waals surface area contributed by atoms with Gasteiger partial charge in [-0.25, -0.2) is 0 Å². The van der Waals surface area contributed by atoms with Crippen LogP contribution in [0.2, 0.25) is 0 Å². The molecule has 0 amide bonds. The molecule has 1 aliphatic rings. The number of hydrogen-bond donors (Lipinski definition) is 0. The number of aromatic nitrogens is 1. The Morgan fingerprint density at radius 1 is 1.28 bits per heavy atom. The Morgan fingerprint density at radius 2 is 1.94 bits per heavy atom. The van der Waals surface area contributed by atoms with Gasteiger partial charge in [-0.15, -0.1) is 24.8 Å². The van der Waals surface area contributed by atoms with E-state index >= 15 is 0 Å². The van der Waals surface area contributed by atoms with Crippen molar-refractivity contribution in [3.05, 3.63) is 30.1 Å². The fourth-order valence-electron chi connectivity index (χ4n) is 2.23. The van der Waals surface area contributed by atoms with Crippen LogP contribution in [0.15, 0.2) is 24.5 Å². The monoisotopic (exact) mass is 294 g/mol. The van der Waals surface area contributed by atoms with Gasteiger partial charge in [-0.2, -0.15) is 0 Å². The summed E-state index contributed by atoms with van der Waals surface area (Å²) in [5.74, 6) is 0.368. The minimum absolute atomic E-state index is 0. The first-order valence-electron chi connectivity index (χ1n) is 5.51. The van der Waals surface area contributed by atoms with E-state index in [2.05, 4.69) is 30.0 Å². The molecule has 6 heteroatoms. The Kier molecular flexibility index (Phi) is 8.48. The van der Waals surface area contributed by atoms with E-state index < -0.39 is 0 Å². The number of hydrogen-bond acceptors (Lipinski definition) is 4. The maximum absolute atomic E-state index is 5.37. The second kappa shape index (κ2) is 8.67. The summed E-state index contributed by atoms with van der Waals surface area (Å²) < 4.78 is 10.7. The summed E-state index contributed by atoms with van der Waals surface area (Å²) in [7, 11) is 4.15. The normalized spacial score (nSPS) is 17.7. The highest BCUT2D eigenvalue weighted by molar-refractivity contribution is 5.85. The summed E-state index contributed by atoms with van der Waals surface area (Å²) in [6.45, 7) is 1.92. The first-order chi connectivity index (χ1) is 7.79. The third-order valence-electron chi connectivity index (χ3n) is 2.86. The molecular formula is C12H20Cl2N2O2. The zero-order valence-corrected chi connectivity index (χ0v) is 12.2. The predicted molar refractivity (Wildman–Crippen MR) is 75.4 cm³/mol. The van der Waals surface area contributed by atoms with Gasteiger partial charge in [-0.05, 0) is 25.7 Å². The molecule has 0 aromatic carbocycles. The van der Waals surface area contributed by atoms with E-state index in [9.17, 15) is 0 Å². The molecule has 1 aliphatic heterocycles. The van der Waals surface area contributed by atoms with Crippen molar-refractivity contribution in [2.75, 3.05) is 34.1 Å². The third kappa shape index (κ3) is 4.37. The van der Waals surface area contributed by atoms with Crippen LogP contribution in [0.1, 0.15) is 11.6 Å². The first-order valence-corrected chi connectivity index (χ1v) is 5.51. The molecule has 0 radical (unpaired) electrons. The molecule has 0 bridgehead atoms. The summed E-state index contributed by atoms with van der Waals surface area (Å²) in [4.78, 5) is 6.37. The molecule has 104 valence electrons. The summed E-state index contributed by atoms with van der Waals surface area (Å²) >= 11 is 0. The van der Waals surface area contributed by atoms with Crippen LogP contribution >= 0.6 is 24.8 Å². The SMILES string of the molecule is CN(C)C(c1cccnc1)C1COCOC1.Cl.Cl. The number of ether oxygens (including phenoxy) is 2. The molecule has 1 atom stereocenters. The lowest BCUT2D eigenvalue weighted by Gasteiger charge is -2.34. The molecule has 0 saturated carbocycles. The molecule has 0 N–H and O–H groups in total. The van der Waals surface area contributed by atoms with Gasteiger partial charge in [0.15, 0.2) is 0 Å². The molecule has 2 rings (SSSR count). The van der Waals surface area contributed by atoms with Crippen molar-refractivity contribution in [3.8, 4) is 0 Å². The fourth-order valence-corrected chi connectivity index (χ4v) is 2.23. The molecule has 0 spiro atoms. The second-order valence-corrected chi connectivity index (χ2v) is 4.31. The largest absolute Gasteiger partial charge is 0.355 e. The topological polar surface area (TPSA) is 34.6 Å². The Hall–Kier alpha value is -0.390. The van der Waals surface area contributed by atoms with Gasteiger partial charge in [0.1, 0.15) is 6.79 Å². The van der Waals surface area contributed by atoms with Gasteiger partial charge < -0.3 is 14.4 Å². The molecular weight excluding hydrogens is 275 g/mol. The molecule has 1 unspecified atom stereocenters. The zero-order chi connectivity index (χ0) is 11.4. The maximum Gasteiger partial charge on any atom is 0.146 e. The van der Waals surface area contributed by atoms with Crippen molar-refractivity contribution in [1.29, 1.82) is 0 Å². The quantitative estimate of drug-likeness (QED) is 0.856. The molecule has 1 saturated heterocycles. The van der Waals surface area contributed by atoms with Crippen molar-refractivity contribution >= 4 is 24.8 Å². The van der Waals surface area contributed by atoms with Crippen LogP contribution in [-0.4, -0.2) is 44.0 Å². The maximum atomic E-state index is 5.37. The van der Waals surface area contributed by atoms with Crippen LogP contribution in [0.25, 0.3) is 0 Å². The van der Waals surface area contributed by atoms with E-state index in [1.807, 2.05) is 12.3 Å². The Morgan fingerprint density at radius 3 is 2.44 bits per heavy atom. The van der Waals surface area contributed by atoms with Gasteiger partial charge in [-0.3, -0.25) is 4.98 Å². The lowest BCUT2D eigenvalue weighted by atomic mass is 9.94. The Labute approximate surface area is 120 Å². The minimum atomic E-state index is 0. The average molecular weight is 295 g/mol. The number of halogens is 2. The summed E-state index contributed by atoms with van der Waals surface area (Å²) in [6, 6.07) is 4.37. The highest BCUT2D eigenvalue weighted by Crippen LogP contribution is 2.28. The lowest BCUT2D eigenvalue weighted by Crippen LogP contribution is -2.36. The molecule has 0 aliphatic carbocycles. The minimum Gasteiger partial charge on any atom is -0.355 e. The van der Waals surface area contributed by atoms with Crippen LogP contribution in [-0.2, 0) is 9.47 Å². The Bertz CT molecular complexity index is 319.